The van der Waals surface area contributed by atoms with Crippen LogP contribution in [-0.4, -0.2) is 13.2 Å². The van der Waals surface area contributed by atoms with Gasteiger partial charge in [0.15, 0.2) is 0 Å². The summed E-state index contributed by atoms with van der Waals surface area (Å²) in [5.74, 6) is 0. The van der Waals surface area contributed by atoms with Gasteiger partial charge in [-0.1, -0.05) is 30.3 Å². The van der Waals surface area contributed by atoms with E-state index in [1.807, 2.05) is 36.4 Å². The smallest absolute Gasteiger partial charge is 0.287 e. The fourth-order valence-electron chi connectivity index (χ4n) is 1.76. The Labute approximate surface area is 125 Å². The molecule has 0 N–H and O–H groups in total. The summed E-state index contributed by atoms with van der Waals surface area (Å²) in [5, 5.41) is 8.82. The quantitative estimate of drug-likeness (QED) is 0.526. The summed E-state index contributed by atoms with van der Waals surface area (Å²) < 4.78 is 28.4. The second kappa shape index (κ2) is 8.76. The molecular formula is C15H20NO4P. The lowest BCUT2D eigenvalue weighted by molar-refractivity contribution is 0.0967. The van der Waals surface area contributed by atoms with Crippen molar-refractivity contribution in [3.63, 3.8) is 0 Å². The van der Waals surface area contributed by atoms with Crippen LogP contribution in [0.15, 0.2) is 42.0 Å². The summed E-state index contributed by atoms with van der Waals surface area (Å²) >= 11 is 0. The summed E-state index contributed by atoms with van der Waals surface area (Å²) in [6.45, 7) is 5.58. The van der Waals surface area contributed by atoms with Gasteiger partial charge in [-0.15, -0.1) is 0 Å². The summed E-state index contributed by atoms with van der Waals surface area (Å²) in [7, 11) is -3.67. The Morgan fingerprint density at radius 3 is 2.33 bits per heavy atom. The van der Waals surface area contributed by atoms with E-state index in [0.29, 0.717) is 5.57 Å². The monoisotopic (exact) mass is 309 g/mol. The first kappa shape index (κ1) is 17.6. The van der Waals surface area contributed by atoms with Gasteiger partial charge in [0.25, 0.3) is 0 Å². The largest absolute Gasteiger partial charge is 0.475 e. The molecular weight excluding hydrogens is 289 g/mol. The zero-order chi connectivity index (χ0) is 15.7. The molecule has 1 unspecified atom stereocenters. The number of hydrogen-bond donors (Lipinski definition) is 0. The molecule has 5 nitrogen and oxygen atoms in total. The predicted molar refractivity (Wildman–Crippen MR) is 80.5 cm³/mol. The van der Waals surface area contributed by atoms with E-state index < -0.39 is 13.9 Å². The van der Waals surface area contributed by atoms with Crippen LogP contribution >= 0.6 is 7.82 Å². The average molecular weight is 309 g/mol. The van der Waals surface area contributed by atoms with Gasteiger partial charge in [0.1, 0.15) is 6.10 Å². The number of benzene rings is 1. The fraction of sp³-hybridized carbons (Fsp3) is 0.400. The third kappa shape index (κ3) is 5.45. The maximum Gasteiger partial charge on any atom is 0.475 e. The minimum absolute atomic E-state index is 0.208. The van der Waals surface area contributed by atoms with E-state index in [4.69, 9.17) is 18.8 Å². The standard InChI is InChI=1S/C15H20NO4P/c1-4-18-21(17,19-5-2)20-15(13(3)11-12-16)14-9-7-6-8-10-14/h6-11,15H,4-5H2,1-3H3/b13-11-. The Balaban J connectivity index is 3.11. The Morgan fingerprint density at radius 2 is 1.86 bits per heavy atom. The van der Waals surface area contributed by atoms with Crippen LogP contribution in [0.5, 0.6) is 0 Å². The van der Waals surface area contributed by atoms with Crippen molar-refractivity contribution in [3.05, 3.63) is 47.5 Å². The third-order valence-electron chi connectivity index (χ3n) is 2.62. The number of allylic oxidation sites excluding steroid dienone is 1. The zero-order valence-electron chi connectivity index (χ0n) is 12.5. The molecule has 0 aliphatic carbocycles. The first-order valence-electron chi connectivity index (χ1n) is 6.75. The zero-order valence-corrected chi connectivity index (χ0v) is 13.4. The van der Waals surface area contributed by atoms with Crippen LogP contribution in [0.1, 0.15) is 32.4 Å². The van der Waals surface area contributed by atoms with Crippen LogP contribution in [-0.2, 0) is 18.1 Å². The van der Waals surface area contributed by atoms with Crippen molar-refractivity contribution < 1.29 is 18.1 Å². The molecule has 21 heavy (non-hydrogen) atoms. The van der Waals surface area contributed by atoms with E-state index in [9.17, 15) is 4.57 Å². The molecule has 0 saturated heterocycles. The van der Waals surface area contributed by atoms with Crippen LogP contribution in [0.3, 0.4) is 0 Å². The molecule has 0 aliphatic heterocycles. The van der Waals surface area contributed by atoms with Gasteiger partial charge in [-0.05, 0) is 31.9 Å². The highest BCUT2D eigenvalue weighted by Gasteiger charge is 2.31. The van der Waals surface area contributed by atoms with Crippen LogP contribution in [0.4, 0.5) is 0 Å². The van der Waals surface area contributed by atoms with Crippen LogP contribution in [0.2, 0.25) is 0 Å². The van der Waals surface area contributed by atoms with Gasteiger partial charge in [0.2, 0.25) is 0 Å². The molecule has 0 fully saturated rings. The number of nitrogens with zero attached hydrogens (tertiary/aromatic N) is 1. The van der Waals surface area contributed by atoms with Crippen molar-refractivity contribution in [2.45, 2.75) is 26.9 Å². The molecule has 1 aromatic carbocycles. The fourth-order valence-corrected chi connectivity index (χ4v) is 3.13. The van der Waals surface area contributed by atoms with Crippen molar-refractivity contribution in [1.29, 1.82) is 5.26 Å². The number of nitriles is 1. The molecule has 1 rings (SSSR count). The minimum Gasteiger partial charge on any atom is -0.287 e. The van der Waals surface area contributed by atoms with Gasteiger partial charge in [0.05, 0.1) is 19.3 Å². The molecule has 0 amide bonds. The van der Waals surface area contributed by atoms with Crippen molar-refractivity contribution >= 4 is 7.82 Å². The molecule has 0 saturated carbocycles. The SMILES string of the molecule is CCOP(=O)(OCC)OC(/C(C)=C\C#N)c1ccccc1. The second-order valence-corrected chi connectivity index (χ2v) is 5.82. The van der Waals surface area contributed by atoms with Gasteiger partial charge in [0, 0.05) is 6.08 Å². The highest BCUT2D eigenvalue weighted by atomic mass is 31.2. The number of rotatable bonds is 8. The minimum atomic E-state index is -3.67. The summed E-state index contributed by atoms with van der Waals surface area (Å²) in [6.07, 6.45) is 0.703. The van der Waals surface area contributed by atoms with E-state index in [1.54, 1.807) is 20.8 Å². The Kier molecular flexibility index (Phi) is 7.35. The lowest BCUT2D eigenvalue weighted by Crippen LogP contribution is -2.08. The molecule has 1 atom stereocenters. The lowest BCUT2D eigenvalue weighted by atomic mass is 10.0. The molecule has 1 aromatic rings. The Hall–Kier alpha value is -1.44. The first-order chi connectivity index (χ1) is 10.1. The Bertz CT molecular complexity index is 541. The van der Waals surface area contributed by atoms with Crippen LogP contribution < -0.4 is 0 Å². The molecule has 0 spiro atoms. The second-order valence-electron chi connectivity index (χ2n) is 4.20. The molecule has 0 aromatic heterocycles. The maximum absolute atomic E-state index is 12.5. The van der Waals surface area contributed by atoms with Gasteiger partial charge in [-0.2, -0.15) is 5.26 Å². The average Bonchev–Trinajstić information content (AvgIpc) is 2.46. The summed E-state index contributed by atoms with van der Waals surface area (Å²) in [6, 6.07) is 11.2. The van der Waals surface area contributed by atoms with E-state index in [0.717, 1.165) is 5.56 Å². The molecule has 0 radical (unpaired) electrons. The molecule has 114 valence electrons. The van der Waals surface area contributed by atoms with E-state index >= 15 is 0 Å². The van der Waals surface area contributed by atoms with Gasteiger partial charge < -0.3 is 0 Å². The maximum atomic E-state index is 12.5. The highest BCUT2D eigenvalue weighted by molar-refractivity contribution is 7.48. The topological polar surface area (TPSA) is 68.6 Å². The van der Waals surface area contributed by atoms with Crippen LogP contribution in [0, 0.1) is 11.3 Å². The van der Waals surface area contributed by atoms with Gasteiger partial charge >= 0.3 is 7.82 Å². The Morgan fingerprint density at radius 1 is 1.29 bits per heavy atom. The van der Waals surface area contributed by atoms with Crippen molar-refractivity contribution in [2.75, 3.05) is 13.2 Å². The first-order valence-corrected chi connectivity index (χ1v) is 8.21. The van der Waals surface area contributed by atoms with Gasteiger partial charge in [-0.3, -0.25) is 13.6 Å². The van der Waals surface area contributed by atoms with E-state index in [1.165, 1.54) is 6.08 Å². The van der Waals surface area contributed by atoms with Crippen molar-refractivity contribution in [3.8, 4) is 6.07 Å². The van der Waals surface area contributed by atoms with Crippen LogP contribution in [0.25, 0.3) is 0 Å². The molecule has 0 bridgehead atoms. The normalized spacial score (nSPS) is 13.7. The summed E-state index contributed by atoms with van der Waals surface area (Å²) in [4.78, 5) is 0. The van der Waals surface area contributed by atoms with E-state index in [2.05, 4.69) is 0 Å². The van der Waals surface area contributed by atoms with Crippen molar-refractivity contribution in [1.82, 2.24) is 0 Å². The highest BCUT2D eigenvalue weighted by Crippen LogP contribution is 2.54. The molecule has 0 heterocycles. The number of phosphoric ester groups is 1. The van der Waals surface area contributed by atoms with Gasteiger partial charge in [-0.25, -0.2) is 4.57 Å². The molecule has 0 aliphatic rings. The number of phosphoric acid groups is 1. The van der Waals surface area contributed by atoms with E-state index in [-0.39, 0.29) is 13.2 Å². The van der Waals surface area contributed by atoms with Crippen molar-refractivity contribution in [2.24, 2.45) is 0 Å². The molecule has 6 heteroatoms. The summed E-state index contributed by atoms with van der Waals surface area (Å²) in [5.41, 5.74) is 1.41. The number of hydrogen-bond acceptors (Lipinski definition) is 5. The third-order valence-corrected chi connectivity index (χ3v) is 4.23. The lowest BCUT2D eigenvalue weighted by Gasteiger charge is -2.24. The predicted octanol–water partition coefficient (Wildman–Crippen LogP) is 4.40.